The number of aliphatic hydroxyl groups is 1. The molecule has 9 atom stereocenters. The Kier molecular flexibility index (Phi) is 5.00. The van der Waals surface area contributed by atoms with Crippen LogP contribution in [-0.4, -0.2) is 47.8 Å². The van der Waals surface area contributed by atoms with E-state index >= 15 is 4.39 Å². The highest BCUT2D eigenvalue weighted by atomic mass is 19.1. The highest BCUT2D eigenvalue weighted by Gasteiger charge is 2.74. The van der Waals surface area contributed by atoms with E-state index in [0.29, 0.717) is 12.0 Å². The van der Waals surface area contributed by atoms with Gasteiger partial charge in [-0.2, -0.15) is 0 Å². The van der Waals surface area contributed by atoms with Gasteiger partial charge in [-0.1, -0.05) is 26.8 Å². The van der Waals surface area contributed by atoms with Gasteiger partial charge in [0.15, 0.2) is 5.78 Å². The van der Waals surface area contributed by atoms with E-state index in [1.54, 1.807) is 6.08 Å². The van der Waals surface area contributed by atoms with Crippen molar-refractivity contribution < 1.29 is 33.4 Å². The maximum atomic E-state index is 15.4. The number of esters is 2. The third kappa shape index (κ3) is 2.74. The number of fused-ring (bicyclic) bond motifs is 5. The van der Waals surface area contributed by atoms with Crippen LogP contribution >= 0.6 is 0 Å². The van der Waals surface area contributed by atoms with Crippen LogP contribution in [0.25, 0.3) is 0 Å². The Bertz CT molecular complexity index is 895. The quantitative estimate of drug-likeness (QED) is 0.672. The third-order valence-electron chi connectivity index (χ3n) is 8.81. The number of ketones is 1. The first-order chi connectivity index (χ1) is 14.4. The SMILES string of the molecule is COC(=O)[C@@]1(OC(C)=O)[C@@H](C)C[C@H]2[C@@H]3C[C@H](F)C4=CC(=O)C=C[C@]4(C)[C@H]3[C@@H](O)C[C@@]21C. The van der Waals surface area contributed by atoms with Gasteiger partial charge in [0.05, 0.1) is 13.2 Å². The Hall–Kier alpha value is -2.02. The number of rotatable bonds is 2. The zero-order valence-corrected chi connectivity index (χ0v) is 18.7. The van der Waals surface area contributed by atoms with E-state index in [-0.39, 0.29) is 42.3 Å². The van der Waals surface area contributed by atoms with Crippen molar-refractivity contribution in [2.45, 2.75) is 64.8 Å². The zero-order valence-electron chi connectivity index (χ0n) is 18.7. The molecule has 6 nitrogen and oxygen atoms in total. The van der Waals surface area contributed by atoms with Crippen molar-refractivity contribution in [3.05, 3.63) is 23.8 Å². The average molecular weight is 435 g/mol. The molecule has 0 saturated heterocycles. The van der Waals surface area contributed by atoms with Crippen molar-refractivity contribution in [1.29, 1.82) is 0 Å². The minimum atomic E-state index is -1.54. The molecule has 0 aromatic rings. The van der Waals surface area contributed by atoms with Crippen LogP contribution in [0, 0.1) is 34.5 Å². The zero-order chi connectivity index (χ0) is 22.9. The molecule has 1 N–H and O–H groups in total. The van der Waals surface area contributed by atoms with Crippen molar-refractivity contribution in [2.75, 3.05) is 7.11 Å². The standard InChI is InChI=1S/C24H31FO6/c1-12-8-16-15-10-18(25)17-9-14(27)6-7-22(17,3)20(15)19(28)11-23(16,4)24(12,21(29)30-5)31-13(2)26/h6-7,9,12,15-16,18-20,28H,8,10-11H2,1-5H3/t12-,15-,16-,18-,19-,20+,22-,23-,24-/m0/s1. The number of hydrogen-bond acceptors (Lipinski definition) is 6. The minimum Gasteiger partial charge on any atom is -0.466 e. The molecule has 0 aliphatic heterocycles. The van der Waals surface area contributed by atoms with Gasteiger partial charge < -0.3 is 14.6 Å². The largest absolute Gasteiger partial charge is 0.466 e. The fourth-order valence-electron chi connectivity index (χ4n) is 7.73. The summed E-state index contributed by atoms with van der Waals surface area (Å²) in [4.78, 5) is 37.1. The molecule has 0 amide bonds. The number of methoxy groups -OCH3 is 1. The molecule has 0 spiro atoms. The van der Waals surface area contributed by atoms with E-state index in [0.717, 1.165) is 0 Å². The fourth-order valence-corrected chi connectivity index (χ4v) is 7.73. The Morgan fingerprint density at radius 2 is 1.94 bits per heavy atom. The summed E-state index contributed by atoms with van der Waals surface area (Å²) in [6.07, 6.45) is 3.31. The summed E-state index contributed by atoms with van der Waals surface area (Å²) in [5, 5.41) is 11.4. The van der Waals surface area contributed by atoms with Gasteiger partial charge in [0.25, 0.3) is 0 Å². The van der Waals surface area contributed by atoms with E-state index in [9.17, 15) is 19.5 Å². The van der Waals surface area contributed by atoms with Crippen molar-refractivity contribution in [3.8, 4) is 0 Å². The number of ether oxygens (including phenoxy) is 2. The van der Waals surface area contributed by atoms with Crippen molar-refractivity contribution in [2.24, 2.45) is 34.5 Å². The lowest BCUT2D eigenvalue weighted by molar-refractivity contribution is -0.216. The number of alkyl halides is 1. The Morgan fingerprint density at radius 1 is 1.26 bits per heavy atom. The fraction of sp³-hybridized carbons (Fsp3) is 0.708. The molecule has 0 radical (unpaired) electrons. The molecule has 3 fully saturated rings. The van der Waals surface area contributed by atoms with Gasteiger partial charge in [-0.3, -0.25) is 9.59 Å². The van der Waals surface area contributed by atoms with Crippen LogP contribution < -0.4 is 0 Å². The van der Waals surface area contributed by atoms with Crippen LogP contribution in [0.3, 0.4) is 0 Å². The maximum absolute atomic E-state index is 15.4. The summed E-state index contributed by atoms with van der Waals surface area (Å²) in [5.41, 5.74) is -2.80. The number of aliphatic hydroxyl groups excluding tert-OH is 1. The molecular weight excluding hydrogens is 403 g/mol. The summed E-state index contributed by atoms with van der Waals surface area (Å²) in [7, 11) is 1.26. The first-order valence-corrected chi connectivity index (χ1v) is 11.0. The highest BCUT2D eigenvalue weighted by molar-refractivity contribution is 6.01. The third-order valence-corrected chi connectivity index (χ3v) is 8.81. The van der Waals surface area contributed by atoms with Gasteiger partial charge in [-0.15, -0.1) is 0 Å². The van der Waals surface area contributed by atoms with Crippen LogP contribution in [0.15, 0.2) is 23.8 Å². The van der Waals surface area contributed by atoms with E-state index < -0.39 is 40.6 Å². The van der Waals surface area contributed by atoms with Crippen molar-refractivity contribution >= 4 is 17.7 Å². The second kappa shape index (κ2) is 6.99. The molecule has 0 aromatic carbocycles. The molecule has 31 heavy (non-hydrogen) atoms. The minimum absolute atomic E-state index is 0.156. The molecule has 0 aromatic heterocycles. The Labute approximate surface area is 181 Å². The van der Waals surface area contributed by atoms with E-state index in [1.807, 2.05) is 20.8 Å². The number of carbonyl (C=O) groups is 3. The summed E-state index contributed by atoms with van der Waals surface area (Å²) in [6.45, 7) is 6.86. The van der Waals surface area contributed by atoms with Crippen LogP contribution in [0.2, 0.25) is 0 Å². The molecule has 170 valence electrons. The van der Waals surface area contributed by atoms with Crippen molar-refractivity contribution in [1.82, 2.24) is 0 Å². The van der Waals surface area contributed by atoms with Gasteiger partial charge in [-0.25, -0.2) is 9.18 Å². The maximum Gasteiger partial charge on any atom is 0.351 e. The topological polar surface area (TPSA) is 89.9 Å². The molecule has 0 unspecified atom stereocenters. The molecule has 4 aliphatic rings. The lowest BCUT2D eigenvalue weighted by Gasteiger charge is -2.60. The highest BCUT2D eigenvalue weighted by Crippen LogP contribution is 2.69. The average Bonchev–Trinajstić information content (AvgIpc) is 2.90. The van der Waals surface area contributed by atoms with Crippen LogP contribution in [0.1, 0.15) is 47.0 Å². The first kappa shape index (κ1) is 22.2. The summed E-state index contributed by atoms with van der Waals surface area (Å²) in [6, 6.07) is 0. The lowest BCUT2D eigenvalue weighted by Crippen LogP contribution is -2.64. The first-order valence-electron chi connectivity index (χ1n) is 11.0. The molecule has 4 aliphatic carbocycles. The lowest BCUT2D eigenvalue weighted by atomic mass is 9.46. The Balaban J connectivity index is 1.84. The summed E-state index contributed by atoms with van der Waals surface area (Å²) >= 11 is 0. The number of hydrogen-bond donors (Lipinski definition) is 1. The van der Waals surface area contributed by atoms with Gasteiger partial charge in [0, 0.05) is 29.6 Å². The predicted molar refractivity (Wildman–Crippen MR) is 109 cm³/mol. The van der Waals surface area contributed by atoms with E-state index in [2.05, 4.69) is 0 Å². The van der Waals surface area contributed by atoms with Crippen LogP contribution in [-0.2, 0) is 23.9 Å². The second-order valence-electron chi connectivity index (χ2n) is 10.3. The van der Waals surface area contributed by atoms with Gasteiger partial charge in [0.1, 0.15) is 6.17 Å². The number of halogens is 1. The molecule has 3 saturated carbocycles. The molecule has 0 heterocycles. The van der Waals surface area contributed by atoms with Crippen LogP contribution in [0.4, 0.5) is 4.39 Å². The molecular formula is C24H31FO6. The van der Waals surface area contributed by atoms with Gasteiger partial charge in [-0.05, 0) is 48.8 Å². The summed E-state index contributed by atoms with van der Waals surface area (Å²) in [5.74, 6) is -2.51. The number of carbonyl (C=O) groups excluding carboxylic acids is 3. The monoisotopic (exact) mass is 434 g/mol. The summed E-state index contributed by atoms with van der Waals surface area (Å²) < 4.78 is 26.3. The van der Waals surface area contributed by atoms with Gasteiger partial charge in [0.2, 0.25) is 5.60 Å². The van der Waals surface area contributed by atoms with E-state index in [4.69, 9.17) is 9.47 Å². The van der Waals surface area contributed by atoms with E-state index in [1.165, 1.54) is 26.2 Å². The normalized spacial score (nSPS) is 48.2. The smallest absolute Gasteiger partial charge is 0.351 e. The molecule has 0 bridgehead atoms. The Morgan fingerprint density at radius 3 is 2.55 bits per heavy atom. The number of allylic oxidation sites excluding steroid dienone is 4. The molecule has 7 heteroatoms. The van der Waals surface area contributed by atoms with Crippen LogP contribution in [0.5, 0.6) is 0 Å². The predicted octanol–water partition coefficient (Wildman–Crippen LogP) is 2.93. The molecule has 4 rings (SSSR count). The second-order valence-corrected chi connectivity index (χ2v) is 10.3. The van der Waals surface area contributed by atoms with Gasteiger partial charge >= 0.3 is 11.9 Å². The van der Waals surface area contributed by atoms with Crippen molar-refractivity contribution in [3.63, 3.8) is 0 Å².